The fourth-order valence-corrected chi connectivity index (χ4v) is 1.37. The lowest BCUT2D eigenvalue weighted by Gasteiger charge is -2.03. The zero-order chi connectivity index (χ0) is 9.97. The van der Waals surface area contributed by atoms with Crippen molar-refractivity contribution in [1.29, 1.82) is 0 Å². The van der Waals surface area contributed by atoms with E-state index in [9.17, 15) is 0 Å². The monoisotopic (exact) mass is 185 g/mol. The largest absolute Gasteiger partial charge is 0.397 e. The van der Waals surface area contributed by atoms with E-state index in [1.54, 1.807) is 12.4 Å². The summed E-state index contributed by atoms with van der Waals surface area (Å²) < 4.78 is 0. The average Bonchev–Trinajstić information content (AvgIpc) is 2.19. The average molecular weight is 185 g/mol. The molecule has 14 heavy (non-hydrogen) atoms. The van der Waals surface area contributed by atoms with E-state index in [-0.39, 0.29) is 0 Å². The Labute approximate surface area is 82.6 Å². The molecular weight excluding hydrogens is 174 g/mol. The number of nitrogens with zero attached hydrogens (tertiary/aromatic N) is 2. The van der Waals surface area contributed by atoms with Gasteiger partial charge in [-0.1, -0.05) is 6.07 Å². The predicted octanol–water partition coefficient (Wildman–Crippen LogP) is 2.03. The molecule has 2 aromatic rings. The molecule has 0 spiro atoms. The van der Waals surface area contributed by atoms with Crippen LogP contribution in [0.15, 0.2) is 36.7 Å². The first-order valence-electron chi connectivity index (χ1n) is 4.41. The summed E-state index contributed by atoms with van der Waals surface area (Å²) >= 11 is 0. The van der Waals surface area contributed by atoms with Crippen LogP contribution in [0.1, 0.15) is 5.56 Å². The van der Waals surface area contributed by atoms with Crippen molar-refractivity contribution in [2.75, 3.05) is 5.73 Å². The van der Waals surface area contributed by atoms with Crippen molar-refractivity contribution in [3.63, 3.8) is 0 Å². The SMILES string of the molecule is Cc1cc(N)cnc1-c1ccccn1. The molecule has 0 saturated carbocycles. The van der Waals surface area contributed by atoms with E-state index in [1.807, 2.05) is 31.2 Å². The predicted molar refractivity (Wildman–Crippen MR) is 56.6 cm³/mol. The Balaban J connectivity index is 2.53. The van der Waals surface area contributed by atoms with E-state index in [0.29, 0.717) is 5.69 Å². The zero-order valence-corrected chi connectivity index (χ0v) is 7.94. The van der Waals surface area contributed by atoms with Crippen LogP contribution in [-0.2, 0) is 0 Å². The van der Waals surface area contributed by atoms with Crippen molar-refractivity contribution in [3.05, 3.63) is 42.2 Å². The van der Waals surface area contributed by atoms with Crippen LogP contribution in [0.3, 0.4) is 0 Å². The first kappa shape index (κ1) is 8.69. The van der Waals surface area contributed by atoms with Crippen molar-refractivity contribution in [1.82, 2.24) is 9.97 Å². The minimum Gasteiger partial charge on any atom is -0.397 e. The van der Waals surface area contributed by atoms with Crippen LogP contribution in [0.4, 0.5) is 5.69 Å². The highest BCUT2D eigenvalue weighted by Crippen LogP contribution is 2.19. The molecular formula is C11H11N3. The van der Waals surface area contributed by atoms with Crippen LogP contribution in [0.5, 0.6) is 0 Å². The first-order valence-corrected chi connectivity index (χ1v) is 4.41. The van der Waals surface area contributed by atoms with Gasteiger partial charge >= 0.3 is 0 Å². The Bertz CT molecular complexity index is 438. The molecule has 0 aliphatic carbocycles. The molecule has 3 heteroatoms. The molecule has 0 aliphatic rings. The number of nitrogens with two attached hydrogens (primary N) is 1. The van der Waals surface area contributed by atoms with E-state index >= 15 is 0 Å². The summed E-state index contributed by atoms with van der Waals surface area (Å²) in [5.74, 6) is 0. The molecule has 0 bridgehead atoms. The van der Waals surface area contributed by atoms with Crippen molar-refractivity contribution in [2.45, 2.75) is 6.92 Å². The van der Waals surface area contributed by atoms with Crippen LogP contribution < -0.4 is 5.73 Å². The molecule has 2 rings (SSSR count). The molecule has 0 aliphatic heterocycles. The summed E-state index contributed by atoms with van der Waals surface area (Å²) in [4.78, 5) is 8.50. The number of aromatic nitrogens is 2. The fraction of sp³-hybridized carbons (Fsp3) is 0.0909. The topological polar surface area (TPSA) is 51.8 Å². The van der Waals surface area contributed by atoms with Gasteiger partial charge in [-0.15, -0.1) is 0 Å². The molecule has 3 nitrogen and oxygen atoms in total. The Morgan fingerprint density at radius 1 is 1.21 bits per heavy atom. The van der Waals surface area contributed by atoms with Crippen molar-refractivity contribution >= 4 is 5.69 Å². The second-order valence-corrected chi connectivity index (χ2v) is 3.15. The maximum absolute atomic E-state index is 5.62. The summed E-state index contributed by atoms with van der Waals surface area (Å²) in [7, 11) is 0. The summed E-state index contributed by atoms with van der Waals surface area (Å²) in [6.45, 7) is 1.98. The van der Waals surface area contributed by atoms with Crippen LogP contribution in [0.25, 0.3) is 11.4 Å². The number of anilines is 1. The highest BCUT2D eigenvalue weighted by molar-refractivity contribution is 5.60. The molecule has 2 N–H and O–H groups in total. The van der Waals surface area contributed by atoms with Gasteiger partial charge in [0.25, 0.3) is 0 Å². The molecule has 0 fully saturated rings. The number of pyridine rings is 2. The maximum Gasteiger partial charge on any atom is 0.0916 e. The Morgan fingerprint density at radius 3 is 2.71 bits per heavy atom. The fourth-order valence-electron chi connectivity index (χ4n) is 1.37. The van der Waals surface area contributed by atoms with E-state index in [0.717, 1.165) is 17.0 Å². The minimum atomic E-state index is 0.683. The lowest BCUT2D eigenvalue weighted by atomic mass is 10.1. The molecule has 0 radical (unpaired) electrons. The molecule has 2 aromatic heterocycles. The van der Waals surface area contributed by atoms with E-state index in [4.69, 9.17) is 5.73 Å². The third-order valence-corrected chi connectivity index (χ3v) is 2.01. The van der Waals surface area contributed by atoms with Gasteiger partial charge in [-0.05, 0) is 30.7 Å². The molecule has 0 amide bonds. The third kappa shape index (κ3) is 1.57. The highest BCUT2D eigenvalue weighted by Gasteiger charge is 2.03. The van der Waals surface area contributed by atoms with Gasteiger partial charge in [0, 0.05) is 6.20 Å². The van der Waals surface area contributed by atoms with Crippen LogP contribution in [0.2, 0.25) is 0 Å². The van der Waals surface area contributed by atoms with Gasteiger partial charge < -0.3 is 5.73 Å². The van der Waals surface area contributed by atoms with Crippen LogP contribution in [-0.4, -0.2) is 9.97 Å². The Kier molecular flexibility index (Phi) is 2.14. The Morgan fingerprint density at radius 2 is 2.07 bits per heavy atom. The van der Waals surface area contributed by atoms with Gasteiger partial charge in [-0.3, -0.25) is 9.97 Å². The normalized spacial score (nSPS) is 10.1. The van der Waals surface area contributed by atoms with Gasteiger partial charge in [0.05, 0.1) is 23.3 Å². The quantitative estimate of drug-likeness (QED) is 0.739. The second kappa shape index (κ2) is 3.46. The molecule has 70 valence electrons. The molecule has 0 atom stereocenters. The van der Waals surface area contributed by atoms with Gasteiger partial charge in [-0.2, -0.15) is 0 Å². The second-order valence-electron chi connectivity index (χ2n) is 3.15. The van der Waals surface area contributed by atoms with Crippen LogP contribution in [0, 0.1) is 6.92 Å². The molecule has 0 unspecified atom stereocenters. The first-order chi connectivity index (χ1) is 6.77. The number of rotatable bonds is 1. The number of hydrogen-bond acceptors (Lipinski definition) is 3. The van der Waals surface area contributed by atoms with Gasteiger partial charge in [0.1, 0.15) is 0 Å². The highest BCUT2D eigenvalue weighted by atomic mass is 14.8. The zero-order valence-electron chi connectivity index (χ0n) is 7.94. The number of hydrogen-bond donors (Lipinski definition) is 1. The van der Waals surface area contributed by atoms with E-state index in [1.165, 1.54) is 0 Å². The van der Waals surface area contributed by atoms with Gasteiger partial charge in [0.2, 0.25) is 0 Å². The summed E-state index contributed by atoms with van der Waals surface area (Å²) in [5, 5.41) is 0. The van der Waals surface area contributed by atoms with Crippen molar-refractivity contribution in [3.8, 4) is 11.4 Å². The van der Waals surface area contributed by atoms with Gasteiger partial charge in [-0.25, -0.2) is 0 Å². The maximum atomic E-state index is 5.62. The molecule has 0 saturated heterocycles. The third-order valence-electron chi connectivity index (χ3n) is 2.01. The van der Waals surface area contributed by atoms with Crippen molar-refractivity contribution < 1.29 is 0 Å². The number of aryl methyl sites for hydroxylation is 1. The lowest BCUT2D eigenvalue weighted by molar-refractivity contribution is 1.22. The molecule has 2 heterocycles. The lowest BCUT2D eigenvalue weighted by Crippen LogP contribution is -1.93. The summed E-state index contributed by atoms with van der Waals surface area (Å²) in [6, 6.07) is 7.67. The van der Waals surface area contributed by atoms with E-state index in [2.05, 4.69) is 9.97 Å². The molecule has 0 aromatic carbocycles. The minimum absolute atomic E-state index is 0.683. The van der Waals surface area contributed by atoms with Gasteiger partial charge in [0.15, 0.2) is 0 Å². The number of nitrogen functional groups attached to an aromatic ring is 1. The smallest absolute Gasteiger partial charge is 0.0916 e. The van der Waals surface area contributed by atoms with E-state index < -0.39 is 0 Å². The van der Waals surface area contributed by atoms with Crippen molar-refractivity contribution in [2.24, 2.45) is 0 Å². The summed E-state index contributed by atoms with van der Waals surface area (Å²) in [5.41, 5.74) is 9.12. The standard InChI is InChI=1S/C11H11N3/c1-8-6-9(12)7-14-11(8)10-4-2-3-5-13-10/h2-7H,12H2,1H3. The Hall–Kier alpha value is -1.90. The van der Waals surface area contributed by atoms with Crippen LogP contribution >= 0.6 is 0 Å². The summed E-state index contributed by atoms with van der Waals surface area (Å²) in [6.07, 6.45) is 3.41.